The van der Waals surface area contributed by atoms with Crippen molar-refractivity contribution in [3.05, 3.63) is 65.5 Å². The van der Waals surface area contributed by atoms with E-state index in [2.05, 4.69) is 49.0 Å². The summed E-state index contributed by atoms with van der Waals surface area (Å²) in [6.45, 7) is 6.16. The number of para-hydroxylation sites is 2. The smallest absolute Gasteiger partial charge is 0.226 e. The van der Waals surface area contributed by atoms with Gasteiger partial charge in [0.2, 0.25) is 5.89 Å². The van der Waals surface area contributed by atoms with Crippen LogP contribution >= 0.6 is 0 Å². The minimum atomic E-state index is -0.00406. The van der Waals surface area contributed by atoms with Gasteiger partial charge in [-0.2, -0.15) is 0 Å². The Morgan fingerprint density at radius 2 is 1.93 bits per heavy atom. The highest BCUT2D eigenvalue weighted by atomic mass is 16.6. The molecule has 4 rings (SSSR count). The summed E-state index contributed by atoms with van der Waals surface area (Å²) in [5.41, 5.74) is 4.35. The van der Waals surface area contributed by atoms with Crippen molar-refractivity contribution in [1.29, 1.82) is 0 Å². The SMILES string of the molecule is Cc1ccc(-c2nc(CN(C)C[C@H]3COc4ccccc4O3)co2)c(C)c1. The molecular formula is C22H24N2O3. The molecule has 1 atom stereocenters. The Morgan fingerprint density at radius 1 is 1.11 bits per heavy atom. The maximum absolute atomic E-state index is 6.03. The highest BCUT2D eigenvalue weighted by molar-refractivity contribution is 5.59. The van der Waals surface area contributed by atoms with Gasteiger partial charge in [-0.1, -0.05) is 29.8 Å². The molecule has 0 saturated heterocycles. The molecule has 3 aromatic rings. The Balaban J connectivity index is 1.38. The molecule has 5 nitrogen and oxygen atoms in total. The highest BCUT2D eigenvalue weighted by Crippen LogP contribution is 2.31. The van der Waals surface area contributed by atoms with Gasteiger partial charge < -0.3 is 13.9 Å². The molecule has 0 bridgehead atoms. The van der Waals surface area contributed by atoms with Gasteiger partial charge in [-0.3, -0.25) is 4.90 Å². The second-order valence-electron chi connectivity index (χ2n) is 7.16. The third-order valence-electron chi connectivity index (χ3n) is 4.68. The molecule has 5 heteroatoms. The average molecular weight is 364 g/mol. The molecule has 140 valence electrons. The first-order chi connectivity index (χ1) is 13.1. The van der Waals surface area contributed by atoms with Crippen LogP contribution < -0.4 is 9.47 Å². The maximum Gasteiger partial charge on any atom is 0.226 e. The van der Waals surface area contributed by atoms with E-state index in [1.165, 1.54) is 11.1 Å². The normalized spacial score (nSPS) is 15.9. The monoisotopic (exact) mass is 364 g/mol. The Bertz CT molecular complexity index is 935. The molecule has 1 aliphatic heterocycles. The number of likely N-dealkylation sites (N-methyl/N-ethyl adjacent to an activating group) is 1. The minimum Gasteiger partial charge on any atom is -0.486 e. The maximum atomic E-state index is 6.03. The number of aromatic nitrogens is 1. The predicted octanol–water partition coefficient (Wildman–Crippen LogP) is 4.23. The lowest BCUT2D eigenvalue weighted by molar-refractivity contribution is 0.0635. The second kappa shape index (κ2) is 7.45. The van der Waals surface area contributed by atoms with Crippen LogP contribution in [0.4, 0.5) is 0 Å². The fourth-order valence-corrected chi connectivity index (χ4v) is 3.40. The molecule has 27 heavy (non-hydrogen) atoms. The van der Waals surface area contributed by atoms with Gasteiger partial charge in [-0.25, -0.2) is 4.98 Å². The van der Waals surface area contributed by atoms with Crippen molar-refractivity contribution in [3.63, 3.8) is 0 Å². The van der Waals surface area contributed by atoms with E-state index in [1.807, 2.05) is 24.3 Å². The molecule has 1 aliphatic rings. The summed E-state index contributed by atoms with van der Waals surface area (Å²) < 4.78 is 17.5. The predicted molar refractivity (Wildman–Crippen MR) is 104 cm³/mol. The van der Waals surface area contributed by atoms with Crippen molar-refractivity contribution in [2.75, 3.05) is 20.2 Å². The number of benzene rings is 2. The minimum absolute atomic E-state index is 0.00406. The highest BCUT2D eigenvalue weighted by Gasteiger charge is 2.22. The lowest BCUT2D eigenvalue weighted by Crippen LogP contribution is -2.39. The molecule has 0 spiro atoms. The van der Waals surface area contributed by atoms with Gasteiger partial charge in [-0.15, -0.1) is 0 Å². The van der Waals surface area contributed by atoms with Crippen molar-refractivity contribution in [2.24, 2.45) is 0 Å². The molecule has 1 aromatic heterocycles. The summed E-state index contributed by atoms with van der Waals surface area (Å²) in [6.07, 6.45) is 1.73. The van der Waals surface area contributed by atoms with Gasteiger partial charge in [0.25, 0.3) is 0 Å². The molecule has 0 N–H and O–H groups in total. The molecule has 2 aromatic carbocycles. The summed E-state index contributed by atoms with van der Waals surface area (Å²) >= 11 is 0. The van der Waals surface area contributed by atoms with Crippen LogP contribution in [0, 0.1) is 13.8 Å². The molecule has 0 unspecified atom stereocenters. The van der Waals surface area contributed by atoms with Crippen LogP contribution in [0.1, 0.15) is 16.8 Å². The van der Waals surface area contributed by atoms with E-state index in [0.29, 0.717) is 19.0 Å². The van der Waals surface area contributed by atoms with Crippen LogP contribution in [0.3, 0.4) is 0 Å². The number of rotatable bonds is 5. The summed E-state index contributed by atoms with van der Waals surface area (Å²) in [5, 5.41) is 0. The molecule has 0 aliphatic carbocycles. The first-order valence-corrected chi connectivity index (χ1v) is 9.17. The summed E-state index contributed by atoms with van der Waals surface area (Å²) in [7, 11) is 2.05. The van der Waals surface area contributed by atoms with E-state index >= 15 is 0 Å². The van der Waals surface area contributed by atoms with Gasteiger partial charge in [0, 0.05) is 18.7 Å². The Labute approximate surface area is 159 Å². The molecular weight excluding hydrogens is 340 g/mol. The standard InChI is InChI=1S/C22H24N2O3/c1-15-8-9-19(16(2)10-15)22-23-17(13-26-22)11-24(3)12-18-14-25-20-6-4-5-7-21(20)27-18/h4-10,13,18H,11-12,14H2,1-3H3/t18-/m0/s1. The van der Waals surface area contributed by atoms with Crippen LogP contribution in [0.5, 0.6) is 11.5 Å². The zero-order valence-electron chi connectivity index (χ0n) is 15.9. The first-order valence-electron chi connectivity index (χ1n) is 9.17. The van der Waals surface area contributed by atoms with Crippen LogP contribution in [0.15, 0.2) is 53.1 Å². The number of aryl methyl sites for hydroxylation is 2. The van der Waals surface area contributed by atoms with Gasteiger partial charge in [0.05, 0.1) is 5.69 Å². The number of hydrogen-bond acceptors (Lipinski definition) is 5. The number of oxazole rings is 1. The largest absolute Gasteiger partial charge is 0.486 e. The van der Waals surface area contributed by atoms with Gasteiger partial charge in [-0.05, 0) is 44.7 Å². The molecule has 2 heterocycles. The summed E-state index contributed by atoms with van der Waals surface area (Å²) in [4.78, 5) is 6.83. The van der Waals surface area contributed by atoms with Crippen LogP contribution in [-0.2, 0) is 6.54 Å². The molecule has 0 fully saturated rings. The van der Waals surface area contributed by atoms with Crippen molar-refractivity contribution in [1.82, 2.24) is 9.88 Å². The van der Waals surface area contributed by atoms with Crippen molar-refractivity contribution in [3.8, 4) is 23.0 Å². The zero-order chi connectivity index (χ0) is 18.8. The Kier molecular flexibility index (Phi) is 4.86. The fourth-order valence-electron chi connectivity index (χ4n) is 3.40. The first kappa shape index (κ1) is 17.6. The topological polar surface area (TPSA) is 47.7 Å². The second-order valence-corrected chi connectivity index (χ2v) is 7.16. The van der Waals surface area contributed by atoms with Crippen LogP contribution in [-0.4, -0.2) is 36.2 Å². The summed E-state index contributed by atoms with van der Waals surface area (Å²) in [6, 6.07) is 14.1. The van der Waals surface area contributed by atoms with E-state index in [9.17, 15) is 0 Å². The van der Waals surface area contributed by atoms with Crippen molar-refractivity contribution >= 4 is 0 Å². The number of ether oxygens (including phenoxy) is 2. The Hall–Kier alpha value is -2.79. The lowest BCUT2D eigenvalue weighted by atomic mass is 10.1. The molecule has 0 radical (unpaired) electrons. The van der Waals surface area contributed by atoms with Crippen LogP contribution in [0.25, 0.3) is 11.5 Å². The van der Waals surface area contributed by atoms with E-state index < -0.39 is 0 Å². The molecule has 0 amide bonds. The molecule has 0 saturated carbocycles. The fraction of sp³-hybridized carbons (Fsp3) is 0.318. The number of fused-ring (bicyclic) bond motifs is 1. The summed E-state index contributed by atoms with van der Waals surface area (Å²) in [5.74, 6) is 2.29. The number of nitrogens with zero attached hydrogens (tertiary/aromatic N) is 2. The van der Waals surface area contributed by atoms with Gasteiger partial charge >= 0.3 is 0 Å². The lowest BCUT2D eigenvalue weighted by Gasteiger charge is -2.29. The zero-order valence-corrected chi connectivity index (χ0v) is 15.9. The number of hydrogen-bond donors (Lipinski definition) is 0. The van der Waals surface area contributed by atoms with E-state index in [1.54, 1.807) is 6.26 Å². The van der Waals surface area contributed by atoms with Crippen molar-refractivity contribution < 1.29 is 13.9 Å². The van der Waals surface area contributed by atoms with Gasteiger partial charge in [0.15, 0.2) is 11.5 Å². The Morgan fingerprint density at radius 3 is 2.74 bits per heavy atom. The third-order valence-corrected chi connectivity index (χ3v) is 4.68. The third kappa shape index (κ3) is 3.98. The van der Waals surface area contributed by atoms with E-state index in [-0.39, 0.29) is 6.10 Å². The average Bonchev–Trinajstić information content (AvgIpc) is 3.09. The van der Waals surface area contributed by atoms with Gasteiger partial charge in [0.1, 0.15) is 19.0 Å². The van der Waals surface area contributed by atoms with E-state index in [4.69, 9.17) is 13.9 Å². The van der Waals surface area contributed by atoms with Crippen LogP contribution in [0.2, 0.25) is 0 Å². The van der Waals surface area contributed by atoms with Crippen molar-refractivity contribution in [2.45, 2.75) is 26.5 Å². The quantitative estimate of drug-likeness (QED) is 0.678. The van der Waals surface area contributed by atoms with E-state index in [0.717, 1.165) is 29.3 Å².